The number of benzene rings is 3. The van der Waals surface area contributed by atoms with Crippen molar-refractivity contribution in [2.24, 2.45) is 0 Å². The molecule has 0 bridgehead atoms. The van der Waals surface area contributed by atoms with Crippen LogP contribution in [0.2, 0.25) is 5.02 Å². The quantitative estimate of drug-likeness (QED) is 0.484. The van der Waals surface area contributed by atoms with Crippen molar-refractivity contribution in [3.8, 4) is 0 Å². The van der Waals surface area contributed by atoms with E-state index < -0.39 is 11.6 Å². The van der Waals surface area contributed by atoms with Gasteiger partial charge in [-0.2, -0.15) is 0 Å². The second-order valence-electron chi connectivity index (χ2n) is 5.52. The first-order valence-corrected chi connectivity index (χ1v) is 7.78. The van der Waals surface area contributed by atoms with Gasteiger partial charge in [0, 0.05) is 33.6 Å². The predicted octanol–water partition coefficient (Wildman–Crippen LogP) is 6.13. The lowest BCUT2D eigenvalue weighted by Crippen LogP contribution is -2.03. The van der Waals surface area contributed by atoms with Gasteiger partial charge in [0.2, 0.25) is 0 Å². The average molecular weight is 344 g/mol. The molecule has 120 valence electrons. The van der Waals surface area contributed by atoms with E-state index in [-0.39, 0.29) is 12.1 Å². The van der Waals surface area contributed by atoms with Crippen LogP contribution >= 0.6 is 11.6 Å². The van der Waals surface area contributed by atoms with E-state index in [1.807, 2.05) is 30.3 Å². The molecule has 2 nitrogen and oxygen atoms in total. The molecule has 1 heterocycles. The summed E-state index contributed by atoms with van der Waals surface area (Å²) in [6, 6.07) is 15.2. The molecule has 0 aliphatic carbocycles. The third kappa shape index (κ3) is 2.59. The van der Waals surface area contributed by atoms with E-state index in [0.29, 0.717) is 5.02 Å². The van der Waals surface area contributed by atoms with Gasteiger partial charge in [0.1, 0.15) is 11.2 Å². The van der Waals surface area contributed by atoms with Crippen LogP contribution in [0.15, 0.2) is 59.0 Å². The number of hydrogen-bond acceptors (Lipinski definition) is 2. The molecule has 24 heavy (non-hydrogen) atoms. The van der Waals surface area contributed by atoms with Crippen molar-refractivity contribution in [3.05, 3.63) is 76.8 Å². The van der Waals surface area contributed by atoms with Gasteiger partial charge in [0.25, 0.3) is 0 Å². The molecule has 0 amide bonds. The van der Waals surface area contributed by atoms with Crippen LogP contribution in [0.4, 0.5) is 14.5 Å². The van der Waals surface area contributed by atoms with Gasteiger partial charge in [0.15, 0.2) is 11.6 Å². The van der Waals surface area contributed by atoms with Crippen molar-refractivity contribution in [1.82, 2.24) is 0 Å². The molecule has 0 aliphatic rings. The van der Waals surface area contributed by atoms with Crippen molar-refractivity contribution in [1.29, 1.82) is 0 Å². The van der Waals surface area contributed by atoms with E-state index >= 15 is 0 Å². The highest BCUT2D eigenvalue weighted by Gasteiger charge is 2.10. The van der Waals surface area contributed by atoms with Gasteiger partial charge >= 0.3 is 0 Å². The van der Waals surface area contributed by atoms with Gasteiger partial charge in [-0.05, 0) is 42.5 Å². The number of fused-ring (bicyclic) bond motifs is 3. The topological polar surface area (TPSA) is 25.2 Å². The monoisotopic (exact) mass is 343 g/mol. The van der Waals surface area contributed by atoms with Crippen LogP contribution in [0, 0.1) is 11.6 Å². The normalized spacial score (nSPS) is 11.3. The predicted molar refractivity (Wildman–Crippen MR) is 92.4 cm³/mol. The van der Waals surface area contributed by atoms with Crippen molar-refractivity contribution < 1.29 is 13.2 Å². The molecule has 0 saturated carbocycles. The SMILES string of the molecule is Fc1cccc(CNc2ccc3oc4ccc(Cl)cc4c3c2)c1F. The fraction of sp³-hybridized carbons (Fsp3) is 0.0526. The zero-order chi connectivity index (χ0) is 16.7. The zero-order valence-corrected chi connectivity index (χ0v) is 13.2. The molecule has 0 radical (unpaired) electrons. The van der Waals surface area contributed by atoms with E-state index in [2.05, 4.69) is 5.32 Å². The molecule has 3 aromatic carbocycles. The van der Waals surface area contributed by atoms with Crippen molar-refractivity contribution in [2.75, 3.05) is 5.32 Å². The Labute approximate surface area is 141 Å². The van der Waals surface area contributed by atoms with Crippen LogP contribution < -0.4 is 5.32 Å². The van der Waals surface area contributed by atoms with E-state index in [1.165, 1.54) is 6.07 Å². The fourth-order valence-electron chi connectivity index (χ4n) is 2.74. The van der Waals surface area contributed by atoms with Crippen molar-refractivity contribution in [3.63, 3.8) is 0 Å². The molecule has 4 aromatic rings. The molecule has 0 spiro atoms. The highest BCUT2D eigenvalue weighted by molar-refractivity contribution is 6.31. The van der Waals surface area contributed by atoms with Crippen LogP contribution in [0.25, 0.3) is 21.9 Å². The first-order chi connectivity index (χ1) is 11.6. The molecule has 1 N–H and O–H groups in total. The maximum atomic E-state index is 13.7. The minimum atomic E-state index is -0.847. The summed E-state index contributed by atoms with van der Waals surface area (Å²) in [5.41, 5.74) is 2.56. The number of nitrogens with one attached hydrogen (secondary N) is 1. The summed E-state index contributed by atoms with van der Waals surface area (Å²) >= 11 is 6.05. The minimum Gasteiger partial charge on any atom is -0.456 e. The Bertz CT molecular complexity index is 1060. The van der Waals surface area contributed by atoms with Crippen molar-refractivity contribution in [2.45, 2.75) is 6.54 Å². The third-order valence-corrected chi connectivity index (χ3v) is 4.18. The number of furan rings is 1. The van der Waals surface area contributed by atoms with Crippen LogP contribution in [0.3, 0.4) is 0 Å². The lowest BCUT2D eigenvalue weighted by molar-refractivity contribution is 0.500. The minimum absolute atomic E-state index is 0.186. The molecule has 0 fully saturated rings. The second kappa shape index (κ2) is 5.80. The number of hydrogen-bond donors (Lipinski definition) is 1. The Balaban J connectivity index is 1.68. The lowest BCUT2D eigenvalue weighted by atomic mass is 10.1. The Morgan fingerprint density at radius 3 is 2.50 bits per heavy atom. The molecule has 0 atom stereocenters. The first-order valence-electron chi connectivity index (χ1n) is 7.40. The van der Waals surface area contributed by atoms with E-state index in [0.717, 1.165) is 33.7 Å². The van der Waals surface area contributed by atoms with Gasteiger partial charge in [-0.15, -0.1) is 0 Å². The summed E-state index contributed by atoms with van der Waals surface area (Å²) in [5.74, 6) is -1.67. The molecular weight excluding hydrogens is 332 g/mol. The smallest absolute Gasteiger partial charge is 0.163 e. The fourth-order valence-corrected chi connectivity index (χ4v) is 2.91. The molecule has 0 unspecified atom stereocenters. The first kappa shape index (κ1) is 15.0. The molecular formula is C19H12ClF2NO. The molecule has 1 aromatic heterocycles. The Kier molecular flexibility index (Phi) is 3.62. The Hall–Kier alpha value is -2.59. The zero-order valence-electron chi connectivity index (χ0n) is 12.4. The Morgan fingerprint density at radius 2 is 1.67 bits per heavy atom. The number of anilines is 1. The summed E-state index contributed by atoms with van der Waals surface area (Å²) < 4.78 is 32.7. The summed E-state index contributed by atoms with van der Waals surface area (Å²) in [5, 5.41) is 5.57. The van der Waals surface area contributed by atoms with Gasteiger partial charge in [-0.25, -0.2) is 8.78 Å². The van der Waals surface area contributed by atoms with Gasteiger partial charge in [0.05, 0.1) is 0 Å². The lowest BCUT2D eigenvalue weighted by Gasteiger charge is -2.08. The molecule has 0 saturated heterocycles. The molecule has 4 rings (SSSR count). The van der Waals surface area contributed by atoms with Crippen molar-refractivity contribution >= 4 is 39.2 Å². The van der Waals surface area contributed by atoms with Gasteiger partial charge < -0.3 is 9.73 Å². The van der Waals surface area contributed by atoms with E-state index in [4.69, 9.17) is 16.0 Å². The third-order valence-electron chi connectivity index (χ3n) is 3.95. The molecule has 5 heteroatoms. The summed E-state index contributed by atoms with van der Waals surface area (Å²) in [6.45, 7) is 0.186. The highest BCUT2D eigenvalue weighted by atomic mass is 35.5. The van der Waals surface area contributed by atoms with Crippen LogP contribution in [-0.2, 0) is 6.54 Å². The summed E-state index contributed by atoms with van der Waals surface area (Å²) in [4.78, 5) is 0. The van der Waals surface area contributed by atoms with E-state index in [1.54, 1.807) is 12.1 Å². The number of halogens is 3. The summed E-state index contributed by atoms with van der Waals surface area (Å²) in [7, 11) is 0. The van der Waals surface area contributed by atoms with Crippen LogP contribution in [-0.4, -0.2) is 0 Å². The maximum absolute atomic E-state index is 13.7. The second-order valence-corrected chi connectivity index (χ2v) is 5.96. The highest BCUT2D eigenvalue weighted by Crippen LogP contribution is 2.32. The Morgan fingerprint density at radius 1 is 0.917 bits per heavy atom. The van der Waals surface area contributed by atoms with Gasteiger partial charge in [-0.1, -0.05) is 23.7 Å². The summed E-state index contributed by atoms with van der Waals surface area (Å²) in [6.07, 6.45) is 0. The van der Waals surface area contributed by atoms with Gasteiger partial charge in [-0.3, -0.25) is 0 Å². The van der Waals surface area contributed by atoms with E-state index in [9.17, 15) is 8.78 Å². The standard InChI is InChI=1S/C19H12ClF2NO/c20-12-4-6-17-14(8-12)15-9-13(5-7-18(15)24-17)23-10-11-2-1-3-16(21)19(11)22/h1-9,23H,10H2. The number of rotatable bonds is 3. The van der Waals surface area contributed by atoms with Crippen LogP contribution in [0.5, 0.6) is 0 Å². The maximum Gasteiger partial charge on any atom is 0.163 e. The largest absolute Gasteiger partial charge is 0.456 e. The van der Waals surface area contributed by atoms with Crippen LogP contribution in [0.1, 0.15) is 5.56 Å². The molecule has 0 aliphatic heterocycles. The average Bonchev–Trinajstić information content (AvgIpc) is 2.93.